The molecule has 4 heteroatoms. The van der Waals surface area contributed by atoms with Crippen molar-refractivity contribution in [2.45, 2.75) is 26.1 Å². The number of hydrogen-bond donors (Lipinski definition) is 1. The zero-order valence-electron chi connectivity index (χ0n) is 12.8. The predicted octanol–water partition coefficient (Wildman–Crippen LogP) is 3.20. The Bertz CT molecular complexity index is 820. The highest BCUT2D eigenvalue weighted by atomic mass is 16.5. The Hall–Kier alpha value is -2.33. The van der Waals surface area contributed by atoms with Gasteiger partial charge in [-0.1, -0.05) is 18.2 Å². The molecule has 0 bridgehead atoms. The minimum atomic E-state index is 0.265. The van der Waals surface area contributed by atoms with Crippen molar-refractivity contribution in [2.75, 3.05) is 7.11 Å². The van der Waals surface area contributed by atoms with Crippen LogP contribution in [0.15, 0.2) is 42.5 Å². The summed E-state index contributed by atoms with van der Waals surface area (Å²) in [6.45, 7) is 2.95. The van der Waals surface area contributed by atoms with E-state index >= 15 is 0 Å². The molecule has 112 valence electrons. The lowest BCUT2D eigenvalue weighted by atomic mass is 10.1. The van der Waals surface area contributed by atoms with Crippen LogP contribution in [0.2, 0.25) is 0 Å². The SMILES string of the molecule is COc1ccc(C[C@H]2NCn3c2nc2ccc(C)cc23)cc1. The molecule has 2 aromatic carbocycles. The summed E-state index contributed by atoms with van der Waals surface area (Å²) in [5.74, 6) is 2.03. The van der Waals surface area contributed by atoms with Gasteiger partial charge < -0.3 is 9.30 Å². The molecule has 4 nitrogen and oxygen atoms in total. The number of hydrogen-bond acceptors (Lipinski definition) is 3. The van der Waals surface area contributed by atoms with E-state index in [4.69, 9.17) is 9.72 Å². The maximum Gasteiger partial charge on any atom is 0.128 e. The van der Waals surface area contributed by atoms with Crippen molar-refractivity contribution in [3.63, 3.8) is 0 Å². The Balaban J connectivity index is 1.65. The highest BCUT2D eigenvalue weighted by molar-refractivity contribution is 5.77. The number of fused-ring (bicyclic) bond motifs is 3. The van der Waals surface area contributed by atoms with E-state index in [9.17, 15) is 0 Å². The summed E-state index contributed by atoms with van der Waals surface area (Å²) in [6, 6.07) is 15.0. The van der Waals surface area contributed by atoms with Gasteiger partial charge in [0.2, 0.25) is 0 Å². The summed E-state index contributed by atoms with van der Waals surface area (Å²) in [4.78, 5) is 4.82. The van der Waals surface area contributed by atoms with Crippen LogP contribution in [0.3, 0.4) is 0 Å². The summed E-state index contributed by atoms with van der Waals surface area (Å²) in [5, 5.41) is 3.56. The van der Waals surface area contributed by atoms with E-state index in [1.54, 1.807) is 7.11 Å². The second-order valence-electron chi connectivity index (χ2n) is 5.86. The van der Waals surface area contributed by atoms with Crippen LogP contribution in [0.1, 0.15) is 23.0 Å². The third kappa shape index (κ3) is 2.16. The first-order valence-electron chi connectivity index (χ1n) is 7.58. The fourth-order valence-electron chi connectivity index (χ4n) is 3.14. The number of aromatic nitrogens is 2. The van der Waals surface area contributed by atoms with E-state index in [1.165, 1.54) is 16.6 Å². The van der Waals surface area contributed by atoms with Crippen LogP contribution in [-0.2, 0) is 13.1 Å². The van der Waals surface area contributed by atoms with Crippen LogP contribution in [0, 0.1) is 6.92 Å². The van der Waals surface area contributed by atoms with Crippen molar-refractivity contribution in [3.8, 4) is 5.75 Å². The van der Waals surface area contributed by atoms with Gasteiger partial charge in [0.1, 0.15) is 11.6 Å². The summed E-state index contributed by atoms with van der Waals surface area (Å²) >= 11 is 0. The number of aryl methyl sites for hydroxylation is 1. The first kappa shape index (κ1) is 13.3. The third-order valence-electron chi connectivity index (χ3n) is 4.34. The van der Waals surface area contributed by atoms with Crippen molar-refractivity contribution in [1.29, 1.82) is 0 Å². The standard InChI is InChI=1S/C18H19N3O/c1-12-3-8-15-17(9-12)21-11-19-16(18(21)20-15)10-13-4-6-14(22-2)7-5-13/h3-9,16,19H,10-11H2,1-2H3/t16-/m1/s1. The molecular formula is C18H19N3O. The van der Waals surface area contributed by atoms with Gasteiger partial charge in [0.05, 0.1) is 30.9 Å². The molecule has 4 rings (SSSR count). The number of methoxy groups -OCH3 is 1. The van der Waals surface area contributed by atoms with Crippen LogP contribution in [-0.4, -0.2) is 16.7 Å². The smallest absolute Gasteiger partial charge is 0.128 e. The Morgan fingerprint density at radius 1 is 1.23 bits per heavy atom. The fourth-order valence-corrected chi connectivity index (χ4v) is 3.14. The maximum absolute atomic E-state index is 5.21. The molecule has 0 aliphatic carbocycles. The van der Waals surface area contributed by atoms with Crippen LogP contribution >= 0.6 is 0 Å². The minimum Gasteiger partial charge on any atom is -0.497 e. The average Bonchev–Trinajstić information content (AvgIpc) is 3.08. The maximum atomic E-state index is 5.21. The van der Waals surface area contributed by atoms with Crippen molar-refractivity contribution in [2.24, 2.45) is 0 Å². The number of benzene rings is 2. The van der Waals surface area contributed by atoms with Crippen LogP contribution in [0.5, 0.6) is 5.75 Å². The van der Waals surface area contributed by atoms with Gasteiger partial charge in [-0.15, -0.1) is 0 Å². The Labute approximate surface area is 129 Å². The molecule has 0 radical (unpaired) electrons. The van der Waals surface area contributed by atoms with Gasteiger partial charge >= 0.3 is 0 Å². The molecule has 1 N–H and O–H groups in total. The van der Waals surface area contributed by atoms with E-state index in [-0.39, 0.29) is 6.04 Å². The molecule has 22 heavy (non-hydrogen) atoms. The van der Waals surface area contributed by atoms with Crippen molar-refractivity contribution < 1.29 is 4.74 Å². The quantitative estimate of drug-likeness (QED) is 0.806. The van der Waals surface area contributed by atoms with Gasteiger partial charge in [0, 0.05) is 0 Å². The van der Waals surface area contributed by atoms with Gasteiger partial charge in [-0.25, -0.2) is 4.98 Å². The van der Waals surface area contributed by atoms with Crippen molar-refractivity contribution in [3.05, 3.63) is 59.4 Å². The number of imidazole rings is 1. The fraction of sp³-hybridized carbons (Fsp3) is 0.278. The summed E-state index contributed by atoms with van der Waals surface area (Å²) in [7, 11) is 1.69. The van der Waals surface area contributed by atoms with E-state index < -0.39 is 0 Å². The molecule has 0 fully saturated rings. The van der Waals surface area contributed by atoms with Crippen molar-refractivity contribution in [1.82, 2.24) is 14.9 Å². The number of ether oxygens (including phenoxy) is 1. The molecule has 3 aromatic rings. The molecule has 0 unspecified atom stereocenters. The van der Waals surface area contributed by atoms with E-state index in [0.29, 0.717) is 0 Å². The lowest BCUT2D eigenvalue weighted by Gasteiger charge is -2.09. The second kappa shape index (κ2) is 5.14. The highest BCUT2D eigenvalue weighted by Gasteiger charge is 2.26. The average molecular weight is 293 g/mol. The van der Waals surface area contributed by atoms with Crippen molar-refractivity contribution >= 4 is 11.0 Å². The van der Waals surface area contributed by atoms with Crippen LogP contribution in [0.4, 0.5) is 0 Å². The molecular weight excluding hydrogens is 274 g/mol. The molecule has 0 spiro atoms. The Morgan fingerprint density at radius 3 is 2.82 bits per heavy atom. The monoisotopic (exact) mass is 293 g/mol. The molecule has 0 amide bonds. The second-order valence-corrected chi connectivity index (χ2v) is 5.86. The zero-order chi connectivity index (χ0) is 15.1. The zero-order valence-corrected chi connectivity index (χ0v) is 12.8. The Kier molecular flexibility index (Phi) is 3.12. The molecule has 1 aliphatic heterocycles. The lowest BCUT2D eigenvalue weighted by molar-refractivity contribution is 0.414. The first-order valence-corrected chi connectivity index (χ1v) is 7.58. The van der Waals surface area contributed by atoms with Gasteiger partial charge in [0.25, 0.3) is 0 Å². The Morgan fingerprint density at radius 2 is 2.05 bits per heavy atom. The summed E-state index contributed by atoms with van der Waals surface area (Å²) in [6.07, 6.45) is 0.937. The largest absolute Gasteiger partial charge is 0.497 e. The molecule has 0 saturated carbocycles. The number of rotatable bonds is 3. The summed E-state index contributed by atoms with van der Waals surface area (Å²) < 4.78 is 7.50. The predicted molar refractivity (Wildman–Crippen MR) is 87.0 cm³/mol. The molecule has 1 aromatic heterocycles. The van der Waals surface area contributed by atoms with Crippen LogP contribution < -0.4 is 10.1 Å². The molecule has 1 atom stereocenters. The first-order chi connectivity index (χ1) is 10.7. The molecule has 1 aliphatic rings. The van der Waals surface area contributed by atoms with Crippen LogP contribution in [0.25, 0.3) is 11.0 Å². The van der Waals surface area contributed by atoms with Gasteiger partial charge in [-0.2, -0.15) is 0 Å². The molecule has 0 saturated heterocycles. The van der Waals surface area contributed by atoms with Gasteiger partial charge in [-0.05, 0) is 48.7 Å². The van der Waals surface area contributed by atoms with Gasteiger partial charge in [-0.3, -0.25) is 5.32 Å². The van der Waals surface area contributed by atoms with E-state index in [2.05, 4.69) is 47.1 Å². The minimum absolute atomic E-state index is 0.265. The lowest BCUT2D eigenvalue weighted by Crippen LogP contribution is -2.15. The highest BCUT2D eigenvalue weighted by Crippen LogP contribution is 2.28. The molecule has 2 heterocycles. The number of nitrogens with zero attached hydrogens (tertiary/aromatic N) is 2. The third-order valence-corrected chi connectivity index (χ3v) is 4.34. The number of nitrogens with one attached hydrogen (secondary N) is 1. The normalized spacial score (nSPS) is 16.9. The van der Waals surface area contributed by atoms with E-state index in [0.717, 1.165) is 30.2 Å². The topological polar surface area (TPSA) is 39.1 Å². The van der Waals surface area contributed by atoms with E-state index in [1.807, 2.05) is 12.1 Å². The summed E-state index contributed by atoms with van der Waals surface area (Å²) in [5.41, 5.74) is 4.87. The van der Waals surface area contributed by atoms with Gasteiger partial charge in [0.15, 0.2) is 0 Å².